The lowest BCUT2D eigenvalue weighted by molar-refractivity contribution is -0.139. The molecule has 24 heavy (non-hydrogen) atoms. The molecule has 0 bridgehead atoms. The summed E-state index contributed by atoms with van der Waals surface area (Å²) in [4.78, 5) is 18.5. The third-order valence-corrected chi connectivity index (χ3v) is 3.12. The first-order chi connectivity index (χ1) is 11.4. The molecule has 0 fully saturated rings. The number of nitrogens with two attached hydrogens (primary N) is 2. The molecule has 0 radical (unpaired) electrons. The third kappa shape index (κ3) is 3.39. The average Bonchev–Trinajstić information content (AvgIpc) is 2.51. The fourth-order valence-corrected chi connectivity index (χ4v) is 2.19. The number of nitrogens with zero attached hydrogens (tertiary/aromatic N) is 3. The maximum atomic E-state index is 10.8. The lowest BCUT2D eigenvalue weighted by atomic mass is 10.1. The van der Waals surface area contributed by atoms with Crippen LogP contribution >= 0.6 is 11.6 Å². The Morgan fingerprint density at radius 2 is 2.12 bits per heavy atom. The quantitative estimate of drug-likeness (QED) is 0.723. The molecule has 10 heteroatoms. The van der Waals surface area contributed by atoms with Crippen LogP contribution in [-0.2, 0) is 4.79 Å². The van der Waals surface area contributed by atoms with Crippen LogP contribution in [0.25, 0.3) is 11.3 Å². The van der Waals surface area contributed by atoms with E-state index in [9.17, 15) is 10.1 Å². The summed E-state index contributed by atoms with van der Waals surface area (Å²) in [5.41, 5.74) is 11.5. The number of nitrogen functional groups attached to an aromatic ring is 2. The fraction of sp³-hybridized carbons (Fsp3) is 0.143. The predicted molar refractivity (Wildman–Crippen MR) is 85.7 cm³/mol. The minimum atomic E-state index is -1.19. The van der Waals surface area contributed by atoms with E-state index in [1.165, 1.54) is 19.2 Å². The molecular formula is C14H12ClN5O4. The van der Waals surface area contributed by atoms with Crippen molar-refractivity contribution in [1.29, 1.82) is 5.26 Å². The molecule has 0 unspecified atom stereocenters. The number of rotatable bonds is 5. The van der Waals surface area contributed by atoms with E-state index in [-0.39, 0.29) is 45.1 Å². The van der Waals surface area contributed by atoms with Crippen molar-refractivity contribution < 1.29 is 19.4 Å². The number of aromatic nitrogens is 2. The molecule has 5 N–H and O–H groups in total. The van der Waals surface area contributed by atoms with Gasteiger partial charge >= 0.3 is 5.97 Å². The van der Waals surface area contributed by atoms with E-state index in [4.69, 9.17) is 37.6 Å². The molecule has 2 rings (SSSR count). The standard InChI is InChI=1S/C14H12ClN5O4/c1-23-9-3-6(15)2-7(12(9)24-5-10(21)22)11-8(4-16)13(17)20-14(18)19-11/h2-3H,5H2,1H3,(H,21,22)(H4,17,18,19,20). The normalized spacial score (nSPS) is 10.0. The van der Waals surface area contributed by atoms with Crippen molar-refractivity contribution in [3.8, 4) is 28.8 Å². The van der Waals surface area contributed by atoms with Crippen molar-refractivity contribution in [3.05, 3.63) is 22.7 Å². The number of carbonyl (C=O) groups is 1. The van der Waals surface area contributed by atoms with Crippen LogP contribution in [-0.4, -0.2) is 34.8 Å². The van der Waals surface area contributed by atoms with Gasteiger partial charge in [0.25, 0.3) is 0 Å². The van der Waals surface area contributed by atoms with E-state index >= 15 is 0 Å². The van der Waals surface area contributed by atoms with Crippen molar-refractivity contribution in [1.82, 2.24) is 9.97 Å². The number of aliphatic carboxylic acids is 1. The van der Waals surface area contributed by atoms with Gasteiger partial charge in [0.05, 0.1) is 12.8 Å². The number of ether oxygens (including phenoxy) is 2. The Hall–Kier alpha value is -3.25. The summed E-state index contributed by atoms with van der Waals surface area (Å²) in [6, 6.07) is 4.74. The molecule has 124 valence electrons. The van der Waals surface area contributed by atoms with Gasteiger partial charge in [0.15, 0.2) is 18.1 Å². The molecule has 0 amide bonds. The minimum absolute atomic E-state index is 0.0401. The summed E-state index contributed by atoms with van der Waals surface area (Å²) in [5.74, 6) is -1.27. The second-order valence-corrected chi connectivity index (χ2v) is 4.91. The van der Waals surface area contributed by atoms with Gasteiger partial charge in [-0.1, -0.05) is 11.6 Å². The van der Waals surface area contributed by atoms with Gasteiger partial charge in [0.1, 0.15) is 17.5 Å². The van der Waals surface area contributed by atoms with Crippen molar-refractivity contribution in [2.24, 2.45) is 0 Å². The predicted octanol–water partition coefficient (Wildman–Crippen LogP) is 1.31. The van der Waals surface area contributed by atoms with Gasteiger partial charge in [0, 0.05) is 16.7 Å². The molecule has 0 aliphatic rings. The van der Waals surface area contributed by atoms with Crippen LogP contribution in [0.3, 0.4) is 0 Å². The Morgan fingerprint density at radius 3 is 2.71 bits per heavy atom. The Kier molecular flexibility index (Phi) is 4.91. The van der Waals surface area contributed by atoms with Crippen LogP contribution in [0.1, 0.15) is 5.56 Å². The van der Waals surface area contributed by atoms with E-state index in [1.807, 2.05) is 6.07 Å². The van der Waals surface area contributed by atoms with Crippen molar-refractivity contribution in [3.63, 3.8) is 0 Å². The lowest BCUT2D eigenvalue weighted by Crippen LogP contribution is -2.12. The first-order valence-electron chi connectivity index (χ1n) is 6.43. The molecule has 2 aromatic rings. The molecule has 1 heterocycles. The summed E-state index contributed by atoms with van der Waals surface area (Å²) in [5, 5.41) is 18.4. The first kappa shape index (κ1) is 17.1. The third-order valence-electron chi connectivity index (χ3n) is 2.90. The van der Waals surface area contributed by atoms with Crippen LogP contribution in [0.2, 0.25) is 5.02 Å². The zero-order chi connectivity index (χ0) is 17.9. The maximum absolute atomic E-state index is 10.8. The summed E-state index contributed by atoms with van der Waals surface area (Å²) < 4.78 is 10.4. The zero-order valence-electron chi connectivity index (χ0n) is 12.4. The highest BCUT2D eigenvalue weighted by Crippen LogP contribution is 2.42. The van der Waals surface area contributed by atoms with Gasteiger partial charge in [-0.3, -0.25) is 0 Å². The van der Waals surface area contributed by atoms with Crippen LogP contribution in [0.5, 0.6) is 11.5 Å². The summed E-state index contributed by atoms with van der Waals surface area (Å²) in [7, 11) is 1.36. The Balaban J connectivity index is 2.76. The average molecular weight is 350 g/mol. The Labute approximate surface area is 141 Å². The molecule has 1 aromatic carbocycles. The largest absolute Gasteiger partial charge is 0.493 e. The number of carboxylic acids is 1. The van der Waals surface area contributed by atoms with Gasteiger partial charge in [-0.25, -0.2) is 9.78 Å². The highest BCUT2D eigenvalue weighted by molar-refractivity contribution is 6.31. The van der Waals surface area contributed by atoms with Crippen molar-refractivity contribution >= 4 is 29.3 Å². The van der Waals surface area contributed by atoms with E-state index in [2.05, 4.69) is 9.97 Å². The van der Waals surface area contributed by atoms with Crippen molar-refractivity contribution in [2.45, 2.75) is 0 Å². The van der Waals surface area contributed by atoms with Crippen LogP contribution in [0.15, 0.2) is 12.1 Å². The van der Waals surface area contributed by atoms with Crippen LogP contribution in [0, 0.1) is 11.3 Å². The van der Waals surface area contributed by atoms with E-state index in [0.717, 1.165) is 0 Å². The molecule has 0 saturated heterocycles. The molecule has 9 nitrogen and oxygen atoms in total. The second-order valence-electron chi connectivity index (χ2n) is 4.47. The maximum Gasteiger partial charge on any atom is 0.341 e. The first-order valence-corrected chi connectivity index (χ1v) is 6.80. The second kappa shape index (κ2) is 6.89. The number of hydrogen-bond acceptors (Lipinski definition) is 8. The molecule has 0 saturated carbocycles. The lowest BCUT2D eigenvalue weighted by Gasteiger charge is -2.15. The highest BCUT2D eigenvalue weighted by atomic mass is 35.5. The number of anilines is 2. The number of benzene rings is 1. The number of carboxylic acid groups (broad SMARTS) is 1. The molecule has 1 aromatic heterocycles. The monoisotopic (exact) mass is 349 g/mol. The highest BCUT2D eigenvalue weighted by Gasteiger charge is 2.21. The van der Waals surface area contributed by atoms with Gasteiger partial charge in [0.2, 0.25) is 5.95 Å². The summed E-state index contributed by atoms with van der Waals surface area (Å²) in [6.07, 6.45) is 0. The van der Waals surface area contributed by atoms with Gasteiger partial charge in [-0.15, -0.1) is 0 Å². The fourth-order valence-electron chi connectivity index (χ4n) is 1.98. The smallest absolute Gasteiger partial charge is 0.341 e. The van der Waals surface area contributed by atoms with Crippen LogP contribution in [0.4, 0.5) is 11.8 Å². The van der Waals surface area contributed by atoms with E-state index in [0.29, 0.717) is 0 Å². The number of hydrogen-bond donors (Lipinski definition) is 3. The SMILES string of the molecule is COc1cc(Cl)cc(-c2nc(N)nc(N)c2C#N)c1OCC(=O)O. The van der Waals surface area contributed by atoms with E-state index < -0.39 is 12.6 Å². The summed E-state index contributed by atoms with van der Waals surface area (Å²) >= 11 is 6.05. The molecule has 0 aliphatic heterocycles. The molecule has 0 spiro atoms. The number of halogens is 1. The van der Waals surface area contributed by atoms with Gasteiger partial charge < -0.3 is 26.0 Å². The van der Waals surface area contributed by atoms with Gasteiger partial charge in [-0.05, 0) is 6.07 Å². The minimum Gasteiger partial charge on any atom is -0.493 e. The number of nitriles is 1. The Morgan fingerprint density at radius 1 is 1.42 bits per heavy atom. The van der Waals surface area contributed by atoms with Crippen LogP contribution < -0.4 is 20.9 Å². The Bertz CT molecular complexity index is 850. The topological polar surface area (TPSA) is 157 Å². The van der Waals surface area contributed by atoms with Gasteiger partial charge in [-0.2, -0.15) is 10.2 Å². The molecular weight excluding hydrogens is 338 g/mol. The van der Waals surface area contributed by atoms with Crippen molar-refractivity contribution in [2.75, 3.05) is 25.2 Å². The summed E-state index contributed by atoms with van der Waals surface area (Å²) in [6.45, 7) is -0.636. The zero-order valence-corrected chi connectivity index (χ0v) is 13.2. The van der Waals surface area contributed by atoms with E-state index in [1.54, 1.807) is 0 Å². The molecule has 0 atom stereocenters. The number of methoxy groups -OCH3 is 1. The molecule has 0 aliphatic carbocycles.